The molecule has 0 aliphatic carbocycles. The first-order valence-electron chi connectivity index (χ1n) is 13.1. The summed E-state index contributed by atoms with van der Waals surface area (Å²) in [5.41, 5.74) is 6.74. The number of hydrogen-bond donors (Lipinski definition) is 2. The van der Waals surface area contributed by atoms with E-state index in [1.807, 2.05) is 24.4 Å². The highest BCUT2D eigenvalue weighted by molar-refractivity contribution is 5.99. The Morgan fingerprint density at radius 2 is 1.72 bits per heavy atom. The normalized spacial score (nSPS) is 14.0. The van der Waals surface area contributed by atoms with Crippen molar-refractivity contribution in [2.45, 2.75) is 12.8 Å². The van der Waals surface area contributed by atoms with Crippen LogP contribution in [0.25, 0.3) is 55.7 Å². The summed E-state index contributed by atoms with van der Waals surface area (Å²) in [5, 5.41) is 9.38. The fraction of sp³-hybridized carbons (Fsp3) is 0.200. The molecule has 6 heterocycles. The summed E-state index contributed by atoms with van der Waals surface area (Å²) in [6.07, 6.45) is 9.66. The Hall–Kier alpha value is -4.63. The van der Waals surface area contributed by atoms with E-state index in [-0.39, 0.29) is 5.82 Å². The number of halogens is 1. The minimum Gasteiger partial charge on any atom is -0.491 e. The number of H-pyrrole nitrogens is 2. The smallest absolute Gasteiger partial charge is 0.181 e. The Bertz CT molecular complexity index is 1770. The molecule has 7 rings (SSSR count). The maximum absolute atomic E-state index is 13.5. The molecule has 2 N–H and O–H groups in total. The van der Waals surface area contributed by atoms with Gasteiger partial charge in [0.15, 0.2) is 5.65 Å². The zero-order valence-corrected chi connectivity index (χ0v) is 21.2. The molecule has 0 saturated carbocycles. The van der Waals surface area contributed by atoms with Crippen molar-refractivity contribution in [2.75, 3.05) is 26.2 Å². The molecule has 1 fully saturated rings. The van der Waals surface area contributed by atoms with Crippen LogP contribution in [0.1, 0.15) is 12.8 Å². The highest BCUT2D eigenvalue weighted by atomic mass is 19.1. The average Bonchev–Trinajstić information content (AvgIpc) is 3.73. The van der Waals surface area contributed by atoms with Crippen LogP contribution in [-0.4, -0.2) is 61.3 Å². The van der Waals surface area contributed by atoms with Gasteiger partial charge in [0.25, 0.3) is 0 Å². The molecule has 1 aliphatic rings. The number of aromatic amines is 2. The molecule has 1 aromatic carbocycles. The molecule has 5 aromatic heterocycles. The lowest BCUT2D eigenvalue weighted by molar-refractivity contribution is 0.237. The summed E-state index contributed by atoms with van der Waals surface area (Å²) in [4.78, 5) is 19.3. The molecule has 6 aromatic rings. The summed E-state index contributed by atoms with van der Waals surface area (Å²) in [7, 11) is 0. The molecule has 39 heavy (non-hydrogen) atoms. The molecule has 0 atom stereocenters. The SMILES string of the molecule is Fc1ccc(-c2ccnc3[nH]c(-c4[nH]nc5ncc(-c6cncc(OCCN7CCCC7)c6)cc45)cc23)cc1. The number of pyridine rings is 3. The highest BCUT2D eigenvalue weighted by Crippen LogP contribution is 2.34. The van der Waals surface area contributed by atoms with E-state index < -0.39 is 0 Å². The Labute approximate surface area is 223 Å². The summed E-state index contributed by atoms with van der Waals surface area (Å²) < 4.78 is 19.5. The molecule has 0 spiro atoms. The predicted octanol–water partition coefficient (Wildman–Crippen LogP) is 5.84. The van der Waals surface area contributed by atoms with Crippen LogP contribution in [0, 0.1) is 5.82 Å². The van der Waals surface area contributed by atoms with Gasteiger partial charge in [-0.05, 0) is 73.5 Å². The van der Waals surface area contributed by atoms with Crippen molar-refractivity contribution in [3.63, 3.8) is 0 Å². The van der Waals surface area contributed by atoms with Crippen molar-refractivity contribution in [1.82, 2.24) is 35.0 Å². The topological polar surface area (TPSA) is 95.6 Å². The van der Waals surface area contributed by atoms with Crippen LogP contribution in [0.3, 0.4) is 0 Å². The third kappa shape index (κ3) is 4.61. The van der Waals surface area contributed by atoms with E-state index in [1.165, 1.54) is 25.0 Å². The Morgan fingerprint density at radius 1 is 0.872 bits per heavy atom. The Morgan fingerprint density at radius 3 is 2.59 bits per heavy atom. The molecule has 8 nitrogen and oxygen atoms in total. The van der Waals surface area contributed by atoms with Gasteiger partial charge < -0.3 is 9.72 Å². The minimum atomic E-state index is -0.263. The number of fused-ring (bicyclic) bond motifs is 2. The average molecular weight is 520 g/mol. The van der Waals surface area contributed by atoms with Gasteiger partial charge in [0.1, 0.15) is 23.8 Å². The summed E-state index contributed by atoms with van der Waals surface area (Å²) in [6.45, 7) is 3.88. The zero-order valence-electron chi connectivity index (χ0n) is 21.2. The highest BCUT2D eigenvalue weighted by Gasteiger charge is 2.16. The molecular formula is C30H26FN7O. The van der Waals surface area contributed by atoms with Crippen molar-refractivity contribution in [3.05, 3.63) is 79.1 Å². The quantitative estimate of drug-likeness (QED) is 0.275. The van der Waals surface area contributed by atoms with Gasteiger partial charge in [-0.15, -0.1) is 0 Å². The number of likely N-dealkylation sites (tertiary alicyclic amines) is 1. The van der Waals surface area contributed by atoms with Crippen molar-refractivity contribution in [3.8, 4) is 39.4 Å². The number of ether oxygens (including phenoxy) is 1. The number of nitrogens with one attached hydrogen (secondary N) is 2. The first-order chi connectivity index (χ1) is 19.2. The molecule has 194 valence electrons. The van der Waals surface area contributed by atoms with Gasteiger partial charge in [-0.3, -0.25) is 15.0 Å². The lowest BCUT2D eigenvalue weighted by Gasteiger charge is -2.15. The van der Waals surface area contributed by atoms with E-state index in [1.54, 1.807) is 30.7 Å². The third-order valence-corrected chi connectivity index (χ3v) is 7.29. The number of nitrogens with zero attached hydrogens (tertiary/aromatic N) is 5. The molecule has 0 bridgehead atoms. The molecular weight excluding hydrogens is 493 g/mol. The second kappa shape index (κ2) is 9.92. The van der Waals surface area contributed by atoms with E-state index in [0.29, 0.717) is 12.3 Å². The number of rotatable bonds is 7. The Balaban J connectivity index is 1.20. The van der Waals surface area contributed by atoms with Gasteiger partial charge in [-0.1, -0.05) is 12.1 Å². The summed E-state index contributed by atoms with van der Waals surface area (Å²) >= 11 is 0. The van der Waals surface area contributed by atoms with E-state index in [0.717, 1.165) is 75.4 Å². The lowest BCUT2D eigenvalue weighted by Crippen LogP contribution is -2.25. The van der Waals surface area contributed by atoms with Crippen molar-refractivity contribution >= 4 is 22.1 Å². The molecule has 0 amide bonds. The second-order valence-corrected chi connectivity index (χ2v) is 9.81. The van der Waals surface area contributed by atoms with Crippen molar-refractivity contribution < 1.29 is 9.13 Å². The van der Waals surface area contributed by atoms with Gasteiger partial charge in [-0.2, -0.15) is 5.10 Å². The largest absolute Gasteiger partial charge is 0.491 e. The molecule has 1 saturated heterocycles. The molecule has 1 aliphatic heterocycles. The van der Waals surface area contributed by atoms with Crippen LogP contribution in [0.5, 0.6) is 5.75 Å². The van der Waals surface area contributed by atoms with Crippen LogP contribution in [0.15, 0.2) is 73.3 Å². The summed E-state index contributed by atoms with van der Waals surface area (Å²) in [5.74, 6) is 0.481. The molecule has 0 unspecified atom stereocenters. The first kappa shape index (κ1) is 23.5. The monoisotopic (exact) mass is 519 g/mol. The second-order valence-electron chi connectivity index (χ2n) is 9.81. The van der Waals surface area contributed by atoms with Crippen molar-refractivity contribution in [2.24, 2.45) is 0 Å². The van der Waals surface area contributed by atoms with Crippen LogP contribution in [0.4, 0.5) is 4.39 Å². The van der Waals surface area contributed by atoms with Crippen LogP contribution < -0.4 is 4.74 Å². The third-order valence-electron chi connectivity index (χ3n) is 7.29. The standard InChI is InChI=1S/C30H26FN7O/c31-22-5-3-19(4-6-22)24-7-8-33-29-25(24)15-27(35-29)28-26-14-21(17-34-30(26)37-36-28)20-13-23(18-32-16-20)39-12-11-38-9-1-2-10-38/h3-8,13-18H,1-2,9-12H2,(H,33,35)(H,34,36,37). The molecule has 9 heteroatoms. The van der Waals surface area contributed by atoms with Gasteiger partial charge >= 0.3 is 0 Å². The maximum Gasteiger partial charge on any atom is 0.181 e. The van der Waals surface area contributed by atoms with Gasteiger partial charge in [0, 0.05) is 47.0 Å². The number of aromatic nitrogens is 6. The minimum absolute atomic E-state index is 0.263. The van der Waals surface area contributed by atoms with Crippen molar-refractivity contribution in [1.29, 1.82) is 0 Å². The maximum atomic E-state index is 13.5. The number of benzene rings is 1. The van der Waals surface area contributed by atoms with Crippen LogP contribution in [-0.2, 0) is 0 Å². The Kier molecular flexibility index (Phi) is 5.97. The zero-order chi connectivity index (χ0) is 26.2. The van der Waals surface area contributed by atoms with Gasteiger partial charge in [-0.25, -0.2) is 14.4 Å². The van der Waals surface area contributed by atoms with E-state index >= 15 is 0 Å². The van der Waals surface area contributed by atoms with Crippen LogP contribution >= 0.6 is 0 Å². The molecule has 0 radical (unpaired) electrons. The fourth-order valence-corrected chi connectivity index (χ4v) is 5.26. The van der Waals surface area contributed by atoms with Gasteiger partial charge in [0.2, 0.25) is 0 Å². The number of hydrogen-bond acceptors (Lipinski definition) is 6. The summed E-state index contributed by atoms with van der Waals surface area (Å²) in [6, 6.07) is 14.5. The first-order valence-corrected chi connectivity index (χ1v) is 13.1. The van der Waals surface area contributed by atoms with E-state index in [4.69, 9.17) is 4.74 Å². The van der Waals surface area contributed by atoms with E-state index in [2.05, 4.69) is 41.1 Å². The predicted molar refractivity (Wildman–Crippen MR) is 149 cm³/mol. The van der Waals surface area contributed by atoms with Gasteiger partial charge in [0.05, 0.1) is 17.6 Å². The lowest BCUT2D eigenvalue weighted by atomic mass is 10.0. The van der Waals surface area contributed by atoms with Crippen LogP contribution in [0.2, 0.25) is 0 Å². The fourth-order valence-electron chi connectivity index (χ4n) is 5.26. The van der Waals surface area contributed by atoms with E-state index in [9.17, 15) is 4.39 Å².